The first-order valence-electron chi connectivity index (χ1n) is 4.74. The number of benzene rings is 1. The Labute approximate surface area is 104 Å². The fourth-order valence-electron chi connectivity index (χ4n) is 1.62. The highest BCUT2D eigenvalue weighted by Crippen LogP contribution is 2.17. The fraction of sp³-hybridized carbons (Fsp3) is 0. The maximum Gasteiger partial charge on any atom is 0.353 e. The van der Waals surface area contributed by atoms with E-state index >= 15 is 0 Å². The Morgan fingerprint density at radius 2 is 1.83 bits per heavy atom. The summed E-state index contributed by atoms with van der Waals surface area (Å²) in [4.78, 5) is 36.2. The van der Waals surface area contributed by atoms with Crippen molar-refractivity contribution in [3.05, 3.63) is 44.7 Å². The quantitative estimate of drug-likeness (QED) is 0.765. The van der Waals surface area contributed by atoms with Crippen LogP contribution in [-0.2, 0) is 0 Å². The number of hydrogen-bond acceptors (Lipinski definition) is 3. The molecule has 2 aromatic rings. The van der Waals surface area contributed by atoms with Crippen LogP contribution in [0.1, 0.15) is 20.8 Å². The molecule has 92 valence electrons. The van der Waals surface area contributed by atoms with E-state index in [-0.39, 0.29) is 15.9 Å². The van der Waals surface area contributed by atoms with Gasteiger partial charge in [0.1, 0.15) is 11.3 Å². The van der Waals surface area contributed by atoms with Crippen LogP contribution < -0.4 is 5.43 Å². The molecule has 1 aromatic heterocycles. The van der Waals surface area contributed by atoms with Crippen molar-refractivity contribution in [2.24, 2.45) is 0 Å². The summed E-state index contributed by atoms with van der Waals surface area (Å²) < 4.78 is 0. The molecule has 0 aliphatic heterocycles. The van der Waals surface area contributed by atoms with E-state index in [4.69, 9.17) is 21.8 Å². The largest absolute Gasteiger partial charge is 0.477 e. The Kier molecular flexibility index (Phi) is 2.80. The Bertz CT molecular complexity index is 734. The van der Waals surface area contributed by atoms with E-state index in [1.54, 1.807) is 0 Å². The van der Waals surface area contributed by atoms with E-state index in [0.717, 1.165) is 0 Å². The third-order valence-corrected chi connectivity index (χ3v) is 2.63. The lowest BCUT2D eigenvalue weighted by Crippen LogP contribution is -2.22. The molecule has 0 spiro atoms. The molecule has 0 amide bonds. The number of H-pyrrole nitrogens is 1. The van der Waals surface area contributed by atoms with Gasteiger partial charge in [0, 0.05) is 10.4 Å². The molecule has 2 rings (SSSR count). The van der Waals surface area contributed by atoms with Crippen LogP contribution in [0.15, 0.2) is 23.0 Å². The zero-order chi connectivity index (χ0) is 13.4. The van der Waals surface area contributed by atoms with E-state index < -0.39 is 28.6 Å². The molecule has 0 fully saturated rings. The van der Waals surface area contributed by atoms with Crippen LogP contribution in [0.4, 0.5) is 0 Å². The van der Waals surface area contributed by atoms with Crippen LogP contribution in [0.5, 0.6) is 0 Å². The molecule has 0 unspecified atom stereocenters. The van der Waals surface area contributed by atoms with E-state index in [1.807, 2.05) is 0 Å². The molecule has 0 radical (unpaired) electrons. The molecule has 3 N–H and O–H groups in total. The fourth-order valence-corrected chi connectivity index (χ4v) is 1.80. The maximum atomic E-state index is 11.9. The van der Waals surface area contributed by atoms with Gasteiger partial charge < -0.3 is 15.2 Å². The van der Waals surface area contributed by atoms with Gasteiger partial charge in [-0.25, -0.2) is 9.59 Å². The van der Waals surface area contributed by atoms with Gasteiger partial charge in [-0.3, -0.25) is 4.79 Å². The summed E-state index contributed by atoms with van der Waals surface area (Å²) in [5.74, 6) is -3.11. The van der Waals surface area contributed by atoms with Gasteiger partial charge in [-0.1, -0.05) is 11.6 Å². The first-order valence-corrected chi connectivity index (χ1v) is 5.11. The number of nitrogens with one attached hydrogen (secondary N) is 1. The first-order chi connectivity index (χ1) is 8.41. The van der Waals surface area contributed by atoms with Gasteiger partial charge in [0.2, 0.25) is 5.43 Å². The van der Waals surface area contributed by atoms with E-state index in [1.165, 1.54) is 18.2 Å². The van der Waals surface area contributed by atoms with Crippen molar-refractivity contribution in [2.45, 2.75) is 0 Å². The van der Waals surface area contributed by atoms with Gasteiger partial charge in [0.15, 0.2) is 0 Å². The number of aromatic carboxylic acids is 2. The van der Waals surface area contributed by atoms with Crippen LogP contribution in [0, 0.1) is 0 Å². The summed E-state index contributed by atoms with van der Waals surface area (Å²) in [5, 5.41) is 18.1. The number of pyridine rings is 1. The first kappa shape index (κ1) is 12.1. The van der Waals surface area contributed by atoms with Gasteiger partial charge in [0.05, 0.1) is 5.52 Å². The smallest absolute Gasteiger partial charge is 0.353 e. The summed E-state index contributed by atoms with van der Waals surface area (Å²) in [6.45, 7) is 0. The topological polar surface area (TPSA) is 107 Å². The Hall–Kier alpha value is -2.34. The monoisotopic (exact) mass is 267 g/mol. The van der Waals surface area contributed by atoms with Crippen molar-refractivity contribution in [1.82, 2.24) is 4.98 Å². The number of hydrogen-bond donors (Lipinski definition) is 3. The molecule has 1 heterocycles. The molecule has 1 aromatic carbocycles. The molecule has 0 bridgehead atoms. The lowest BCUT2D eigenvalue weighted by atomic mass is 10.1. The SMILES string of the molecule is O=C(O)c1[nH]c2ccc(Cl)cc2c(=O)c1C(=O)O. The van der Waals surface area contributed by atoms with Crippen LogP contribution in [0.25, 0.3) is 10.9 Å². The molecule has 0 atom stereocenters. The molecular weight excluding hydrogens is 262 g/mol. The highest BCUT2D eigenvalue weighted by molar-refractivity contribution is 6.31. The normalized spacial score (nSPS) is 10.5. The summed E-state index contributed by atoms with van der Waals surface area (Å²) in [5.41, 5.74) is -2.12. The highest BCUT2D eigenvalue weighted by atomic mass is 35.5. The highest BCUT2D eigenvalue weighted by Gasteiger charge is 2.22. The lowest BCUT2D eigenvalue weighted by molar-refractivity contribution is 0.0646. The number of carboxylic acid groups (broad SMARTS) is 2. The molecule has 6 nitrogen and oxygen atoms in total. The molecule has 0 aliphatic carbocycles. The van der Waals surface area contributed by atoms with Crippen LogP contribution in [0.3, 0.4) is 0 Å². The summed E-state index contributed by atoms with van der Waals surface area (Å²) in [6, 6.07) is 4.16. The summed E-state index contributed by atoms with van der Waals surface area (Å²) in [7, 11) is 0. The standard InChI is InChI=1S/C11H6ClNO5/c12-4-1-2-6-5(3-4)9(14)7(10(15)16)8(13-6)11(17)18/h1-3H,(H,13,14)(H,15,16)(H,17,18). The third-order valence-electron chi connectivity index (χ3n) is 2.39. The van der Waals surface area contributed by atoms with Crippen molar-refractivity contribution in [3.63, 3.8) is 0 Å². The molecule has 18 heavy (non-hydrogen) atoms. The van der Waals surface area contributed by atoms with E-state index in [9.17, 15) is 14.4 Å². The summed E-state index contributed by atoms with van der Waals surface area (Å²) >= 11 is 5.71. The second kappa shape index (κ2) is 4.15. The maximum absolute atomic E-state index is 11.9. The van der Waals surface area contributed by atoms with Crippen LogP contribution >= 0.6 is 11.6 Å². The van der Waals surface area contributed by atoms with E-state index in [2.05, 4.69) is 4.98 Å². The van der Waals surface area contributed by atoms with Gasteiger partial charge >= 0.3 is 11.9 Å². The number of aromatic nitrogens is 1. The number of carboxylic acids is 2. The minimum absolute atomic E-state index is 0.0323. The average molecular weight is 268 g/mol. The van der Waals surface area contributed by atoms with Crippen molar-refractivity contribution < 1.29 is 19.8 Å². The molecule has 0 aliphatic rings. The van der Waals surface area contributed by atoms with Crippen LogP contribution in [-0.4, -0.2) is 27.1 Å². The van der Waals surface area contributed by atoms with Gasteiger partial charge in [-0.2, -0.15) is 0 Å². The molecule has 0 saturated heterocycles. The third kappa shape index (κ3) is 1.82. The Balaban J connectivity index is 3.00. The van der Waals surface area contributed by atoms with Gasteiger partial charge in [-0.05, 0) is 18.2 Å². The van der Waals surface area contributed by atoms with Crippen molar-refractivity contribution in [3.8, 4) is 0 Å². The second-order valence-electron chi connectivity index (χ2n) is 3.50. The van der Waals surface area contributed by atoms with E-state index in [0.29, 0.717) is 0 Å². The molecular formula is C11H6ClNO5. The van der Waals surface area contributed by atoms with Gasteiger partial charge in [-0.15, -0.1) is 0 Å². The minimum Gasteiger partial charge on any atom is -0.477 e. The van der Waals surface area contributed by atoms with Gasteiger partial charge in [0.25, 0.3) is 0 Å². The van der Waals surface area contributed by atoms with Crippen LogP contribution in [0.2, 0.25) is 5.02 Å². The predicted octanol–water partition coefficient (Wildman–Crippen LogP) is 1.58. The summed E-state index contributed by atoms with van der Waals surface area (Å²) in [6.07, 6.45) is 0. The number of fused-ring (bicyclic) bond motifs is 1. The Morgan fingerprint density at radius 3 is 2.39 bits per heavy atom. The number of carbonyl (C=O) groups is 2. The van der Waals surface area contributed by atoms with Crippen molar-refractivity contribution in [2.75, 3.05) is 0 Å². The number of halogens is 1. The second-order valence-corrected chi connectivity index (χ2v) is 3.94. The average Bonchev–Trinajstić information content (AvgIpc) is 2.28. The predicted molar refractivity (Wildman–Crippen MR) is 63.5 cm³/mol. The zero-order valence-corrected chi connectivity index (χ0v) is 9.49. The zero-order valence-electron chi connectivity index (χ0n) is 8.73. The van der Waals surface area contributed by atoms with Crippen molar-refractivity contribution in [1.29, 1.82) is 0 Å². The minimum atomic E-state index is -1.60. The van der Waals surface area contributed by atoms with Crippen molar-refractivity contribution >= 4 is 34.4 Å². The number of rotatable bonds is 2. The lowest BCUT2D eigenvalue weighted by Gasteiger charge is -2.05. The molecule has 0 saturated carbocycles. The molecule has 7 heteroatoms. The number of aromatic amines is 1. The Morgan fingerprint density at radius 1 is 1.17 bits per heavy atom.